The zero-order chi connectivity index (χ0) is 15.1. The van der Waals surface area contributed by atoms with Crippen molar-refractivity contribution in [3.63, 3.8) is 0 Å². The van der Waals surface area contributed by atoms with Gasteiger partial charge in [-0.2, -0.15) is 0 Å². The van der Waals surface area contributed by atoms with Crippen LogP contribution in [0.1, 0.15) is 20.7 Å². The van der Waals surface area contributed by atoms with Gasteiger partial charge in [0.2, 0.25) is 12.8 Å². The molecule has 0 unspecified atom stereocenters. The Hall–Kier alpha value is -2.90. The molecule has 8 nitrogen and oxygen atoms in total. The summed E-state index contributed by atoms with van der Waals surface area (Å²) in [5.74, 6) is -1.47. The Labute approximate surface area is 114 Å². The summed E-state index contributed by atoms with van der Waals surface area (Å²) >= 11 is 0. The fourth-order valence-corrected chi connectivity index (χ4v) is 1.52. The van der Waals surface area contributed by atoms with Crippen molar-refractivity contribution < 1.29 is 28.7 Å². The number of benzene rings is 1. The van der Waals surface area contributed by atoms with E-state index in [9.17, 15) is 19.2 Å². The van der Waals surface area contributed by atoms with Gasteiger partial charge in [-0.05, 0) is 12.1 Å². The predicted molar refractivity (Wildman–Crippen MR) is 68.5 cm³/mol. The van der Waals surface area contributed by atoms with E-state index in [-0.39, 0.29) is 22.5 Å². The van der Waals surface area contributed by atoms with Crippen LogP contribution in [0.4, 0.5) is 11.4 Å². The van der Waals surface area contributed by atoms with Crippen LogP contribution < -0.4 is 10.6 Å². The van der Waals surface area contributed by atoms with E-state index < -0.39 is 11.9 Å². The topological polar surface area (TPSA) is 111 Å². The van der Waals surface area contributed by atoms with Crippen molar-refractivity contribution in [2.45, 2.75) is 0 Å². The number of carbonyl (C=O) groups is 4. The number of carbonyl (C=O) groups excluding carboxylic acids is 4. The first-order valence-corrected chi connectivity index (χ1v) is 5.34. The number of rotatable bonds is 6. The van der Waals surface area contributed by atoms with Crippen LogP contribution in [0.5, 0.6) is 0 Å². The smallest absolute Gasteiger partial charge is 0.340 e. The van der Waals surface area contributed by atoms with Crippen molar-refractivity contribution in [1.82, 2.24) is 0 Å². The molecule has 1 aromatic rings. The summed E-state index contributed by atoms with van der Waals surface area (Å²) in [6.07, 6.45) is 0.686. The number of hydrogen-bond donors (Lipinski definition) is 2. The zero-order valence-electron chi connectivity index (χ0n) is 10.8. The maximum absolute atomic E-state index is 11.6. The van der Waals surface area contributed by atoms with Gasteiger partial charge in [0.05, 0.1) is 36.7 Å². The van der Waals surface area contributed by atoms with Crippen molar-refractivity contribution in [2.24, 2.45) is 0 Å². The summed E-state index contributed by atoms with van der Waals surface area (Å²) in [4.78, 5) is 44.3. The SMILES string of the molecule is COC(=O)c1cc(NC=O)c(C(=O)OC)cc1NC=O. The van der Waals surface area contributed by atoms with Gasteiger partial charge < -0.3 is 20.1 Å². The number of ether oxygens (including phenoxy) is 2. The summed E-state index contributed by atoms with van der Waals surface area (Å²) in [5.41, 5.74) is 0.0839. The second-order valence-electron chi connectivity index (χ2n) is 3.45. The molecule has 0 aliphatic heterocycles. The highest BCUT2D eigenvalue weighted by molar-refractivity contribution is 6.05. The van der Waals surface area contributed by atoms with E-state index in [1.165, 1.54) is 12.1 Å². The normalized spacial score (nSPS) is 9.30. The lowest BCUT2D eigenvalue weighted by molar-refractivity contribution is -0.106. The van der Waals surface area contributed by atoms with Crippen molar-refractivity contribution in [1.29, 1.82) is 0 Å². The number of hydrogen-bond acceptors (Lipinski definition) is 6. The minimum atomic E-state index is -0.736. The van der Waals surface area contributed by atoms with Gasteiger partial charge in [-0.25, -0.2) is 9.59 Å². The van der Waals surface area contributed by atoms with E-state index in [2.05, 4.69) is 20.1 Å². The highest BCUT2D eigenvalue weighted by Crippen LogP contribution is 2.26. The summed E-state index contributed by atoms with van der Waals surface area (Å²) in [6, 6.07) is 2.41. The molecule has 1 rings (SSSR count). The molecule has 0 bridgehead atoms. The van der Waals surface area contributed by atoms with Crippen LogP contribution in [0.2, 0.25) is 0 Å². The Kier molecular flexibility index (Phi) is 5.21. The van der Waals surface area contributed by atoms with Crippen molar-refractivity contribution in [3.8, 4) is 0 Å². The van der Waals surface area contributed by atoms with E-state index in [1.807, 2.05) is 0 Å². The fraction of sp³-hybridized carbons (Fsp3) is 0.167. The van der Waals surface area contributed by atoms with E-state index in [0.717, 1.165) is 14.2 Å². The molecule has 0 aromatic heterocycles. The molecule has 2 amide bonds. The zero-order valence-corrected chi connectivity index (χ0v) is 10.8. The first-order valence-electron chi connectivity index (χ1n) is 5.34. The second-order valence-corrected chi connectivity index (χ2v) is 3.45. The molecule has 0 saturated heterocycles. The van der Waals surface area contributed by atoms with Crippen LogP contribution in [0.25, 0.3) is 0 Å². The van der Waals surface area contributed by atoms with E-state index in [1.54, 1.807) is 0 Å². The molecule has 20 heavy (non-hydrogen) atoms. The van der Waals surface area contributed by atoms with E-state index >= 15 is 0 Å². The minimum absolute atomic E-state index is 0.0170. The Bertz CT molecular complexity index is 505. The molecule has 0 aliphatic carbocycles. The molecule has 0 atom stereocenters. The summed E-state index contributed by atoms with van der Waals surface area (Å²) in [6.45, 7) is 0. The number of esters is 2. The number of anilines is 2. The van der Waals surface area contributed by atoms with Gasteiger partial charge in [-0.15, -0.1) is 0 Å². The van der Waals surface area contributed by atoms with Gasteiger partial charge in [0.25, 0.3) is 0 Å². The largest absolute Gasteiger partial charge is 0.465 e. The van der Waals surface area contributed by atoms with Gasteiger partial charge in [-0.3, -0.25) is 9.59 Å². The lowest BCUT2D eigenvalue weighted by Crippen LogP contribution is -2.13. The molecule has 0 radical (unpaired) electrons. The maximum Gasteiger partial charge on any atom is 0.340 e. The average molecular weight is 280 g/mol. The fourth-order valence-electron chi connectivity index (χ4n) is 1.52. The third-order valence-corrected chi connectivity index (χ3v) is 2.40. The Morgan fingerprint density at radius 2 is 1.25 bits per heavy atom. The molecule has 0 spiro atoms. The third kappa shape index (κ3) is 3.10. The molecule has 1 aromatic carbocycles. The lowest BCUT2D eigenvalue weighted by atomic mass is 10.1. The van der Waals surface area contributed by atoms with Crippen LogP contribution >= 0.6 is 0 Å². The standard InChI is InChI=1S/C12H12N2O6/c1-19-11(17)7-3-10(14-6-16)8(12(18)20-2)4-9(7)13-5-15/h3-6H,1-2H3,(H,13,15)(H,14,16). The quantitative estimate of drug-likeness (QED) is 0.576. The number of nitrogens with one attached hydrogen (secondary N) is 2. The summed E-state index contributed by atoms with van der Waals surface area (Å²) < 4.78 is 9.11. The molecular formula is C12H12N2O6. The van der Waals surface area contributed by atoms with Crippen molar-refractivity contribution in [2.75, 3.05) is 24.9 Å². The highest BCUT2D eigenvalue weighted by Gasteiger charge is 2.20. The van der Waals surface area contributed by atoms with Gasteiger partial charge in [0, 0.05) is 0 Å². The number of amides is 2. The first-order chi connectivity index (χ1) is 9.58. The monoisotopic (exact) mass is 280 g/mol. The summed E-state index contributed by atoms with van der Waals surface area (Å²) in [7, 11) is 2.32. The summed E-state index contributed by atoms with van der Waals surface area (Å²) in [5, 5.41) is 4.55. The number of methoxy groups -OCH3 is 2. The van der Waals surface area contributed by atoms with Crippen LogP contribution in [-0.2, 0) is 19.1 Å². The Balaban J connectivity index is 3.49. The molecule has 106 valence electrons. The van der Waals surface area contributed by atoms with Crippen LogP contribution in [-0.4, -0.2) is 39.0 Å². The molecule has 8 heteroatoms. The van der Waals surface area contributed by atoms with E-state index in [4.69, 9.17) is 0 Å². The molecular weight excluding hydrogens is 268 g/mol. The lowest BCUT2D eigenvalue weighted by Gasteiger charge is -2.12. The maximum atomic E-state index is 11.6. The van der Waals surface area contributed by atoms with Crippen LogP contribution in [0.15, 0.2) is 12.1 Å². The average Bonchev–Trinajstić information content (AvgIpc) is 2.47. The molecule has 2 N–H and O–H groups in total. The molecule has 0 fully saturated rings. The van der Waals surface area contributed by atoms with Gasteiger partial charge >= 0.3 is 11.9 Å². The van der Waals surface area contributed by atoms with Gasteiger partial charge in [0.15, 0.2) is 0 Å². The minimum Gasteiger partial charge on any atom is -0.465 e. The first kappa shape index (κ1) is 15.2. The van der Waals surface area contributed by atoms with Gasteiger partial charge in [0.1, 0.15) is 0 Å². The van der Waals surface area contributed by atoms with E-state index in [0.29, 0.717) is 12.8 Å². The van der Waals surface area contributed by atoms with Crippen LogP contribution in [0.3, 0.4) is 0 Å². The Morgan fingerprint density at radius 3 is 1.50 bits per heavy atom. The van der Waals surface area contributed by atoms with Crippen molar-refractivity contribution >= 4 is 36.1 Å². The third-order valence-electron chi connectivity index (χ3n) is 2.40. The second kappa shape index (κ2) is 6.88. The predicted octanol–water partition coefficient (Wildman–Crippen LogP) is 0.396. The van der Waals surface area contributed by atoms with Crippen LogP contribution in [0, 0.1) is 0 Å². The molecule has 0 saturated carbocycles. The highest BCUT2D eigenvalue weighted by atomic mass is 16.5. The molecule has 0 heterocycles. The molecule has 0 aliphatic rings. The van der Waals surface area contributed by atoms with Crippen molar-refractivity contribution in [3.05, 3.63) is 23.3 Å². The Morgan fingerprint density at radius 1 is 0.900 bits per heavy atom. The van der Waals surface area contributed by atoms with Gasteiger partial charge in [-0.1, -0.05) is 0 Å².